The molecule has 1 fully saturated rings. The van der Waals surface area contributed by atoms with Gasteiger partial charge in [-0.1, -0.05) is 12.1 Å². The summed E-state index contributed by atoms with van der Waals surface area (Å²) in [5.74, 6) is -0.569. The third-order valence-corrected chi connectivity index (χ3v) is 5.54. The van der Waals surface area contributed by atoms with Crippen molar-refractivity contribution < 1.29 is 18.4 Å². The van der Waals surface area contributed by atoms with Gasteiger partial charge in [-0.25, -0.2) is 9.37 Å². The Hall–Kier alpha value is -3.00. The minimum absolute atomic E-state index is 0.232. The molecule has 144 valence electrons. The number of likely N-dealkylation sites (tertiary alicyclic amines) is 1. The second-order valence-electron chi connectivity index (χ2n) is 6.56. The van der Waals surface area contributed by atoms with Crippen molar-refractivity contribution in [3.63, 3.8) is 0 Å². The van der Waals surface area contributed by atoms with Gasteiger partial charge in [0.05, 0.1) is 6.26 Å². The van der Waals surface area contributed by atoms with Crippen molar-refractivity contribution in [3.8, 4) is 0 Å². The average molecular weight is 399 g/mol. The minimum atomic E-state index is -0.540. The van der Waals surface area contributed by atoms with Crippen LogP contribution in [0, 0.1) is 5.82 Å². The molecular weight excluding hydrogens is 381 g/mol. The summed E-state index contributed by atoms with van der Waals surface area (Å²) in [5, 5.41) is 3.30. The van der Waals surface area contributed by atoms with E-state index in [0.717, 1.165) is 16.9 Å². The molecule has 3 aromatic rings. The monoisotopic (exact) mass is 399 g/mol. The molecule has 0 aliphatic carbocycles. The van der Waals surface area contributed by atoms with E-state index in [1.165, 1.54) is 29.7 Å². The third-order valence-electron chi connectivity index (χ3n) is 4.62. The second kappa shape index (κ2) is 7.93. The largest absolute Gasteiger partial charge is 0.459 e. The number of aromatic nitrogens is 1. The lowest BCUT2D eigenvalue weighted by Crippen LogP contribution is -2.43. The quantitative estimate of drug-likeness (QED) is 0.710. The summed E-state index contributed by atoms with van der Waals surface area (Å²) in [5.41, 5.74) is 0.967. The smallest absolute Gasteiger partial charge is 0.290 e. The maximum absolute atomic E-state index is 13.0. The maximum atomic E-state index is 13.0. The number of hydrogen-bond acceptors (Lipinski definition) is 5. The first kappa shape index (κ1) is 18.4. The van der Waals surface area contributed by atoms with Gasteiger partial charge < -0.3 is 14.6 Å². The zero-order chi connectivity index (χ0) is 19.5. The van der Waals surface area contributed by atoms with Gasteiger partial charge in [-0.3, -0.25) is 9.59 Å². The van der Waals surface area contributed by atoms with E-state index in [4.69, 9.17) is 4.42 Å². The standard InChI is InChI=1S/C20H18FN3O3S/c21-14-7-5-13(6-8-14)11-15-12-22-20(28-15)23-18(25)16-3-1-9-24(16)19(26)17-4-2-10-27-17/h2,4-8,10,12,16H,1,3,9,11H2,(H,22,23,25)/t16-/m0/s1. The molecule has 1 atom stereocenters. The van der Waals surface area contributed by atoms with Gasteiger partial charge in [0, 0.05) is 24.0 Å². The van der Waals surface area contributed by atoms with E-state index in [2.05, 4.69) is 10.3 Å². The van der Waals surface area contributed by atoms with Crippen molar-refractivity contribution >= 4 is 28.3 Å². The molecule has 8 heteroatoms. The van der Waals surface area contributed by atoms with Crippen LogP contribution in [0.15, 0.2) is 53.3 Å². The summed E-state index contributed by atoms with van der Waals surface area (Å²) in [6, 6.07) is 9.00. The Kier molecular flexibility index (Phi) is 5.21. The van der Waals surface area contributed by atoms with Crippen LogP contribution in [0.3, 0.4) is 0 Å². The van der Waals surface area contributed by atoms with E-state index < -0.39 is 6.04 Å². The molecule has 0 radical (unpaired) electrons. The number of hydrogen-bond donors (Lipinski definition) is 1. The van der Waals surface area contributed by atoms with Crippen LogP contribution in [0.4, 0.5) is 9.52 Å². The molecule has 28 heavy (non-hydrogen) atoms. The fraction of sp³-hybridized carbons (Fsp3) is 0.250. The Balaban J connectivity index is 1.40. The van der Waals surface area contributed by atoms with E-state index in [-0.39, 0.29) is 23.4 Å². The number of nitrogens with one attached hydrogen (secondary N) is 1. The number of nitrogens with zero attached hydrogens (tertiary/aromatic N) is 2. The predicted octanol–water partition coefficient (Wildman–Crippen LogP) is 3.71. The van der Waals surface area contributed by atoms with E-state index >= 15 is 0 Å². The Morgan fingerprint density at radius 2 is 2.11 bits per heavy atom. The molecule has 1 aromatic carbocycles. The second-order valence-corrected chi connectivity index (χ2v) is 7.67. The van der Waals surface area contributed by atoms with Crippen molar-refractivity contribution in [1.82, 2.24) is 9.88 Å². The lowest BCUT2D eigenvalue weighted by atomic mass is 10.1. The van der Waals surface area contributed by atoms with Crippen LogP contribution in [-0.2, 0) is 11.2 Å². The van der Waals surface area contributed by atoms with Gasteiger partial charge in [-0.05, 0) is 42.7 Å². The molecule has 6 nitrogen and oxygen atoms in total. The molecule has 0 bridgehead atoms. The summed E-state index contributed by atoms with van der Waals surface area (Å²) in [6.07, 6.45) is 5.12. The first-order chi connectivity index (χ1) is 13.6. The number of thiazole rings is 1. The van der Waals surface area contributed by atoms with E-state index in [1.807, 2.05) is 0 Å². The Bertz CT molecular complexity index is 969. The van der Waals surface area contributed by atoms with Crippen LogP contribution in [0.25, 0.3) is 0 Å². The summed E-state index contributed by atoms with van der Waals surface area (Å²) in [4.78, 5) is 32.0. The highest BCUT2D eigenvalue weighted by atomic mass is 32.1. The van der Waals surface area contributed by atoms with Crippen LogP contribution in [-0.4, -0.2) is 34.3 Å². The van der Waals surface area contributed by atoms with Gasteiger partial charge in [-0.15, -0.1) is 11.3 Å². The molecule has 1 saturated heterocycles. The van der Waals surface area contributed by atoms with Crippen molar-refractivity contribution in [3.05, 3.63) is 70.9 Å². The van der Waals surface area contributed by atoms with Crippen molar-refractivity contribution in [1.29, 1.82) is 0 Å². The molecule has 0 unspecified atom stereocenters. The maximum Gasteiger partial charge on any atom is 0.290 e. The van der Waals surface area contributed by atoms with Crippen LogP contribution in [0.2, 0.25) is 0 Å². The highest BCUT2D eigenvalue weighted by Gasteiger charge is 2.35. The summed E-state index contributed by atoms with van der Waals surface area (Å²) < 4.78 is 18.2. The number of carbonyl (C=O) groups is 2. The van der Waals surface area contributed by atoms with Crippen LogP contribution >= 0.6 is 11.3 Å². The SMILES string of the molecule is O=C(Nc1ncc(Cc2ccc(F)cc2)s1)[C@@H]1CCCN1C(=O)c1ccco1. The fourth-order valence-corrected chi connectivity index (χ4v) is 4.11. The van der Waals surface area contributed by atoms with E-state index in [9.17, 15) is 14.0 Å². The minimum Gasteiger partial charge on any atom is -0.459 e. The average Bonchev–Trinajstić information content (AvgIpc) is 3.45. The summed E-state index contributed by atoms with van der Waals surface area (Å²) in [6.45, 7) is 0.519. The number of benzene rings is 1. The van der Waals surface area contributed by atoms with Gasteiger partial charge in [0.15, 0.2) is 10.9 Å². The normalized spacial score (nSPS) is 16.3. The van der Waals surface area contributed by atoms with E-state index in [0.29, 0.717) is 24.5 Å². The number of halogens is 1. The molecule has 2 aromatic heterocycles. The van der Waals surface area contributed by atoms with Gasteiger partial charge in [-0.2, -0.15) is 0 Å². The highest BCUT2D eigenvalue weighted by Crippen LogP contribution is 2.25. The summed E-state index contributed by atoms with van der Waals surface area (Å²) >= 11 is 1.37. The van der Waals surface area contributed by atoms with Crippen LogP contribution in [0.1, 0.15) is 33.8 Å². The molecule has 1 aliphatic rings. The third kappa shape index (κ3) is 3.96. The topological polar surface area (TPSA) is 75.4 Å². The molecular formula is C20H18FN3O3S. The molecule has 3 heterocycles. The number of amides is 2. The molecule has 0 saturated carbocycles. The predicted molar refractivity (Wildman–Crippen MR) is 103 cm³/mol. The van der Waals surface area contributed by atoms with Crippen molar-refractivity contribution in [2.75, 3.05) is 11.9 Å². The molecule has 4 rings (SSSR count). The zero-order valence-corrected chi connectivity index (χ0v) is 15.7. The fourth-order valence-electron chi connectivity index (χ4n) is 3.26. The molecule has 2 amide bonds. The molecule has 0 spiro atoms. The Morgan fingerprint density at radius 1 is 1.29 bits per heavy atom. The number of anilines is 1. The van der Waals surface area contributed by atoms with Gasteiger partial charge in [0.25, 0.3) is 5.91 Å². The Labute approximate surface area is 165 Å². The lowest BCUT2D eigenvalue weighted by Gasteiger charge is -2.22. The van der Waals surface area contributed by atoms with Crippen LogP contribution < -0.4 is 5.32 Å². The Morgan fingerprint density at radius 3 is 2.86 bits per heavy atom. The van der Waals surface area contributed by atoms with Gasteiger partial charge in [0.1, 0.15) is 11.9 Å². The molecule has 1 aliphatic heterocycles. The van der Waals surface area contributed by atoms with Gasteiger partial charge >= 0.3 is 0 Å². The molecule has 1 N–H and O–H groups in total. The first-order valence-electron chi connectivity index (χ1n) is 8.94. The number of carbonyl (C=O) groups excluding carboxylic acids is 2. The lowest BCUT2D eigenvalue weighted by molar-refractivity contribution is -0.119. The van der Waals surface area contributed by atoms with Crippen molar-refractivity contribution in [2.45, 2.75) is 25.3 Å². The van der Waals surface area contributed by atoms with Gasteiger partial charge in [0.2, 0.25) is 5.91 Å². The zero-order valence-electron chi connectivity index (χ0n) is 14.9. The van der Waals surface area contributed by atoms with Crippen LogP contribution in [0.5, 0.6) is 0 Å². The number of furan rings is 1. The van der Waals surface area contributed by atoms with Crippen molar-refractivity contribution in [2.24, 2.45) is 0 Å². The summed E-state index contributed by atoms with van der Waals surface area (Å²) in [7, 11) is 0. The first-order valence-corrected chi connectivity index (χ1v) is 9.76. The highest BCUT2D eigenvalue weighted by molar-refractivity contribution is 7.15. The number of rotatable bonds is 5. The van der Waals surface area contributed by atoms with E-state index in [1.54, 1.807) is 35.4 Å².